The summed E-state index contributed by atoms with van der Waals surface area (Å²) in [6.45, 7) is 5.80. The Morgan fingerprint density at radius 1 is 0.889 bits per heavy atom. The second-order valence-electron chi connectivity index (χ2n) is 18.6. The Hall–Kier alpha value is -4.90. The van der Waals surface area contributed by atoms with E-state index in [0.29, 0.717) is 73.6 Å². The largest absolute Gasteiger partial charge is 0.385 e. The molecule has 4 amide bonds. The van der Waals surface area contributed by atoms with Gasteiger partial charge in [-0.3, -0.25) is 34.5 Å². The normalized spacial score (nSPS) is 23.2. The summed E-state index contributed by atoms with van der Waals surface area (Å²) in [7, 11) is 1.83. The number of carbonyl (C=O) groups is 3. The topological polar surface area (TPSA) is 134 Å². The maximum absolute atomic E-state index is 16.2. The minimum atomic E-state index is -2.83. The Bertz CT molecular complexity index is 2410. The van der Waals surface area contributed by atoms with Gasteiger partial charge in [0.1, 0.15) is 0 Å². The molecule has 3 N–H and O–H groups in total. The molecule has 4 saturated heterocycles. The van der Waals surface area contributed by atoms with Gasteiger partial charge in [0.15, 0.2) is 17.2 Å². The SMILES string of the molecule is CNc1cc(N2CCc3c(CN4CCC(N5CCC6(CCN(Cc7ccc(Cl)c(N8CCC(=O)NC8=O)c7)CC6)CC5)C(F)(F)C4)cccc32)nn2c(C(=O)NC3CCC3)cnc12. The van der Waals surface area contributed by atoms with E-state index in [1.165, 1.54) is 4.90 Å². The molecule has 2 aromatic heterocycles. The van der Waals surface area contributed by atoms with Crippen molar-refractivity contribution in [3.05, 3.63) is 76.1 Å². The molecule has 63 heavy (non-hydrogen) atoms. The zero-order valence-electron chi connectivity index (χ0n) is 35.9. The van der Waals surface area contributed by atoms with Crippen molar-refractivity contribution in [2.75, 3.05) is 74.5 Å². The highest BCUT2D eigenvalue weighted by Crippen LogP contribution is 2.45. The number of carbonyl (C=O) groups excluding carboxylic acids is 3. The highest BCUT2D eigenvalue weighted by atomic mass is 35.5. The number of anilines is 4. The standard InChI is InChI=1S/C46H56ClF2N11O3/c1-50-35-25-40(54-60-38(26-51-42(35)60)43(62)52-32-5-3-6-32)58-18-10-33-31(4-2-7-36(33)58)28-56-17-11-39(46(48,49)29-56)57-22-15-45(16-23-57)13-20-55(21-14-45)27-30-8-9-34(47)37(24-30)59-19-12-41(61)53-44(59)63/h2,4,7-9,24-26,32,39,50H,3,5-6,10-23,27-29H2,1H3,(H,52,62)(H,53,61,63). The van der Waals surface area contributed by atoms with Gasteiger partial charge in [0.2, 0.25) is 5.91 Å². The second-order valence-corrected chi connectivity index (χ2v) is 19.0. The average molecular weight is 884 g/mol. The van der Waals surface area contributed by atoms with Gasteiger partial charge in [-0.25, -0.2) is 23.1 Å². The van der Waals surface area contributed by atoms with Gasteiger partial charge in [-0.15, -0.1) is 5.10 Å². The number of benzene rings is 2. The first-order valence-corrected chi connectivity index (χ1v) is 23.1. The van der Waals surface area contributed by atoms with E-state index in [0.717, 1.165) is 99.1 Å². The number of imidazole rings is 1. The quantitative estimate of drug-likeness (QED) is 0.164. The fourth-order valence-electron chi connectivity index (χ4n) is 10.9. The summed E-state index contributed by atoms with van der Waals surface area (Å²) in [6.07, 6.45) is 10.1. The van der Waals surface area contributed by atoms with E-state index in [2.05, 4.69) is 47.8 Å². The van der Waals surface area contributed by atoms with E-state index >= 15 is 8.78 Å². The fourth-order valence-corrected chi connectivity index (χ4v) is 11.1. The highest BCUT2D eigenvalue weighted by Gasteiger charge is 2.49. The monoisotopic (exact) mass is 883 g/mol. The zero-order valence-corrected chi connectivity index (χ0v) is 36.6. The number of piperidine rings is 3. The molecule has 2 aromatic carbocycles. The number of aromatic nitrogens is 3. The third-order valence-electron chi connectivity index (χ3n) is 14.8. The van der Waals surface area contributed by atoms with Crippen LogP contribution in [0.4, 0.5) is 36.5 Å². The smallest absolute Gasteiger partial charge is 0.328 e. The van der Waals surface area contributed by atoms with E-state index in [-0.39, 0.29) is 36.2 Å². The summed E-state index contributed by atoms with van der Waals surface area (Å²) in [5.41, 5.74) is 6.82. The zero-order chi connectivity index (χ0) is 43.5. The number of halogens is 3. The summed E-state index contributed by atoms with van der Waals surface area (Å²) < 4.78 is 34.1. The number of rotatable bonds is 10. The summed E-state index contributed by atoms with van der Waals surface area (Å²) in [5, 5.41) is 14.1. The number of alkyl halides is 2. The summed E-state index contributed by atoms with van der Waals surface area (Å²) in [5.74, 6) is -2.59. The molecule has 1 aliphatic carbocycles. The number of nitrogens with one attached hydrogen (secondary N) is 3. The molecule has 7 heterocycles. The van der Waals surface area contributed by atoms with Crippen LogP contribution in [0.2, 0.25) is 5.02 Å². The molecule has 0 bridgehead atoms. The van der Waals surface area contributed by atoms with Crippen molar-refractivity contribution in [2.45, 2.75) is 95.3 Å². The lowest BCUT2D eigenvalue weighted by Gasteiger charge is -2.51. The van der Waals surface area contributed by atoms with Crippen LogP contribution in [0.1, 0.15) is 85.0 Å². The van der Waals surface area contributed by atoms with Gasteiger partial charge in [0.25, 0.3) is 11.8 Å². The number of hydrogen-bond acceptors (Lipinski definition) is 10. The van der Waals surface area contributed by atoms with Crippen molar-refractivity contribution in [1.82, 2.24) is 39.9 Å². The lowest BCUT2D eigenvalue weighted by Crippen LogP contribution is -2.60. The Balaban J connectivity index is 0.739. The van der Waals surface area contributed by atoms with Gasteiger partial charge in [-0.1, -0.05) is 29.8 Å². The number of urea groups is 1. The molecule has 1 spiro atoms. The molecular formula is C46H56ClF2N11O3. The van der Waals surface area contributed by atoms with Crippen molar-refractivity contribution < 1.29 is 23.2 Å². The van der Waals surface area contributed by atoms with Crippen LogP contribution in [-0.2, 0) is 24.3 Å². The first kappa shape index (κ1) is 42.1. The number of imide groups is 1. The lowest BCUT2D eigenvalue weighted by atomic mass is 9.70. The molecular weight excluding hydrogens is 828 g/mol. The molecule has 5 aliphatic heterocycles. The van der Waals surface area contributed by atoms with Gasteiger partial charge < -0.3 is 15.5 Å². The third kappa shape index (κ3) is 8.23. The van der Waals surface area contributed by atoms with E-state index in [1.807, 2.05) is 42.3 Å². The number of nitrogens with zero attached hydrogens (tertiary/aromatic N) is 8. The molecule has 0 radical (unpaired) electrons. The van der Waals surface area contributed by atoms with Crippen molar-refractivity contribution in [1.29, 1.82) is 0 Å². The van der Waals surface area contributed by atoms with Gasteiger partial charge in [-0.2, -0.15) is 0 Å². The first-order chi connectivity index (χ1) is 30.5. The van der Waals surface area contributed by atoms with E-state index in [4.69, 9.17) is 16.7 Å². The minimum Gasteiger partial charge on any atom is -0.385 e. The lowest BCUT2D eigenvalue weighted by molar-refractivity contribution is -0.139. The van der Waals surface area contributed by atoms with E-state index in [1.54, 1.807) is 10.7 Å². The van der Waals surface area contributed by atoms with Crippen LogP contribution in [0.5, 0.6) is 0 Å². The van der Waals surface area contributed by atoms with Crippen molar-refractivity contribution >= 4 is 58.0 Å². The Morgan fingerprint density at radius 3 is 2.40 bits per heavy atom. The second kappa shape index (κ2) is 16.9. The summed E-state index contributed by atoms with van der Waals surface area (Å²) >= 11 is 6.49. The minimum absolute atomic E-state index is 0.176. The third-order valence-corrected chi connectivity index (χ3v) is 15.1. The molecule has 5 fully saturated rings. The number of amides is 4. The predicted octanol–water partition coefficient (Wildman–Crippen LogP) is 6.44. The summed E-state index contributed by atoms with van der Waals surface area (Å²) in [4.78, 5) is 52.0. The highest BCUT2D eigenvalue weighted by molar-refractivity contribution is 6.34. The first-order valence-electron chi connectivity index (χ1n) is 22.7. The molecule has 334 valence electrons. The maximum atomic E-state index is 16.2. The fraction of sp³-hybridized carbons (Fsp3) is 0.543. The molecule has 1 saturated carbocycles. The molecule has 1 unspecified atom stereocenters. The molecule has 6 aliphatic rings. The molecule has 17 heteroatoms. The van der Waals surface area contributed by atoms with Crippen LogP contribution >= 0.6 is 11.6 Å². The van der Waals surface area contributed by atoms with Crippen LogP contribution in [0.25, 0.3) is 5.65 Å². The molecule has 4 aromatic rings. The van der Waals surface area contributed by atoms with E-state index < -0.39 is 18.0 Å². The molecule has 14 nitrogen and oxygen atoms in total. The number of fused-ring (bicyclic) bond motifs is 2. The van der Waals surface area contributed by atoms with Crippen LogP contribution in [0.15, 0.2) is 48.7 Å². The van der Waals surface area contributed by atoms with Gasteiger partial charge in [-0.05, 0) is 124 Å². The van der Waals surface area contributed by atoms with Crippen LogP contribution in [0, 0.1) is 5.41 Å². The molecule has 10 rings (SSSR count). The van der Waals surface area contributed by atoms with Crippen LogP contribution in [-0.4, -0.2) is 125 Å². The maximum Gasteiger partial charge on any atom is 0.328 e. The van der Waals surface area contributed by atoms with Gasteiger partial charge in [0.05, 0.1) is 35.2 Å². The Labute approximate surface area is 371 Å². The van der Waals surface area contributed by atoms with Crippen molar-refractivity contribution in [3.63, 3.8) is 0 Å². The average Bonchev–Trinajstić information content (AvgIpc) is 3.90. The number of hydrogen-bond donors (Lipinski definition) is 3. The van der Waals surface area contributed by atoms with E-state index in [9.17, 15) is 14.4 Å². The van der Waals surface area contributed by atoms with Crippen molar-refractivity contribution in [2.24, 2.45) is 5.41 Å². The Kier molecular flexibility index (Phi) is 11.3. The molecule has 1 atom stereocenters. The number of likely N-dealkylation sites (tertiary alicyclic amines) is 3. The van der Waals surface area contributed by atoms with Gasteiger partial charge in [0, 0.05) is 64.0 Å². The van der Waals surface area contributed by atoms with Crippen LogP contribution < -0.4 is 25.8 Å². The predicted molar refractivity (Wildman–Crippen MR) is 238 cm³/mol. The van der Waals surface area contributed by atoms with Crippen molar-refractivity contribution in [3.8, 4) is 0 Å². The van der Waals surface area contributed by atoms with Gasteiger partial charge >= 0.3 is 6.03 Å². The summed E-state index contributed by atoms with van der Waals surface area (Å²) in [6, 6.07) is 12.8. The Morgan fingerprint density at radius 2 is 1.67 bits per heavy atom. The van der Waals surface area contributed by atoms with Crippen LogP contribution in [0.3, 0.4) is 0 Å².